The molecule has 2 aromatic rings. The van der Waals surface area contributed by atoms with E-state index in [-0.39, 0.29) is 0 Å². The lowest BCUT2D eigenvalue weighted by Gasteiger charge is -2.14. The van der Waals surface area contributed by atoms with Gasteiger partial charge < -0.3 is 4.57 Å². The standard InChI is InChI=1S/C14H15BrN2/c15-14-16-12-8-4-5-9-13(12)17(14)10-11-6-2-1-3-7-11/h1-3,6-7H,4-5,8-10H2. The fraction of sp³-hybridized carbons (Fsp3) is 0.357. The molecule has 1 aromatic heterocycles. The maximum absolute atomic E-state index is 4.63. The van der Waals surface area contributed by atoms with Crippen LogP contribution in [-0.2, 0) is 19.4 Å². The molecule has 3 rings (SSSR count). The third-order valence-electron chi connectivity index (χ3n) is 3.37. The summed E-state index contributed by atoms with van der Waals surface area (Å²) in [5.74, 6) is 0. The van der Waals surface area contributed by atoms with E-state index < -0.39 is 0 Å². The molecule has 88 valence electrons. The predicted octanol–water partition coefficient (Wildman–Crippen LogP) is 3.57. The zero-order chi connectivity index (χ0) is 11.7. The molecule has 1 heterocycles. The lowest BCUT2D eigenvalue weighted by atomic mass is 10.0. The molecule has 0 unspecified atom stereocenters. The molecular weight excluding hydrogens is 276 g/mol. The smallest absolute Gasteiger partial charge is 0.177 e. The zero-order valence-corrected chi connectivity index (χ0v) is 11.3. The van der Waals surface area contributed by atoms with E-state index in [1.807, 2.05) is 0 Å². The number of benzene rings is 1. The third-order valence-corrected chi connectivity index (χ3v) is 3.97. The van der Waals surface area contributed by atoms with Gasteiger partial charge in [-0.05, 0) is 47.2 Å². The lowest BCUT2D eigenvalue weighted by Crippen LogP contribution is -2.09. The van der Waals surface area contributed by atoms with Crippen LogP contribution in [-0.4, -0.2) is 9.55 Å². The summed E-state index contributed by atoms with van der Waals surface area (Å²) in [7, 11) is 0. The molecule has 0 saturated heterocycles. The summed E-state index contributed by atoms with van der Waals surface area (Å²) in [6, 6.07) is 10.6. The Bertz CT molecular complexity index is 517. The number of aromatic nitrogens is 2. The molecule has 1 aliphatic rings. The molecule has 2 nitrogen and oxygen atoms in total. The molecular formula is C14H15BrN2. The molecule has 0 spiro atoms. The van der Waals surface area contributed by atoms with E-state index in [0.717, 1.165) is 17.7 Å². The highest BCUT2D eigenvalue weighted by atomic mass is 79.9. The minimum atomic E-state index is 0.920. The first-order valence-electron chi connectivity index (χ1n) is 6.12. The van der Waals surface area contributed by atoms with Crippen LogP contribution in [0.15, 0.2) is 35.1 Å². The summed E-state index contributed by atoms with van der Waals surface area (Å²) in [4.78, 5) is 4.63. The molecule has 0 fully saturated rings. The first-order chi connectivity index (χ1) is 8.34. The number of hydrogen-bond acceptors (Lipinski definition) is 1. The van der Waals surface area contributed by atoms with Gasteiger partial charge in [0, 0.05) is 12.2 Å². The van der Waals surface area contributed by atoms with E-state index in [2.05, 4.69) is 55.8 Å². The minimum Gasteiger partial charge on any atom is -0.318 e. The summed E-state index contributed by atoms with van der Waals surface area (Å²) in [6.07, 6.45) is 4.87. The van der Waals surface area contributed by atoms with Crippen LogP contribution in [0.1, 0.15) is 29.8 Å². The number of rotatable bonds is 2. The lowest BCUT2D eigenvalue weighted by molar-refractivity contribution is 0.626. The van der Waals surface area contributed by atoms with Crippen LogP contribution in [0, 0.1) is 0 Å². The Morgan fingerprint density at radius 1 is 1.12 bits per heavy atom. The Hall–Kier alpha value is -1.09. The zero-order valence-electron chi connectivity index (χ0n) is 9.69. The second-order valence-electron chi connectivity index (χ2n) is 4.55. The molecule has 3 heteroatoms. The van der Waals surface area contributed by atoms with E-state index in [0.29, 0.717) is 0 Å². The summed E-state index contributed by atoms with van der Waals surface area (Å²) in [6.45, 7) is 0.920. The van der Waals surface area contributed by atoms with Crippen LogP contribution in [0.5, 0.6) is 0 Å². The molecule has 0 amide bonds. The molecule has 0 saturated carbocycles. The van der Waals surface area contributed by atoms with Crippen molar-refractivity contribution in [3.8, 4) is 0 Å². The molecule has 0 atom stereocenters. The Kier molecular flexibility index (Phi) is 3.02. The number of imidazole rings is 1. The third kappa shape index (κ3) is 2.16. The van der Waals surface area contributed by atoms with Gasteiger partial charge in [-0.3, -0.25) is 0 Å². The molecule has 0 N–H and O–H groups in total. The summed E-state index contributed by atoms with van der Waals surface area (Å²) < 4.78 is 3.29. The summed E-state index contributed by atoms with van der Waals surface area (Å²) in [5.41, 5.74) is 4.05. The van der Waals surface area contributed by atoms with Gasteiger partial charge in [-0.2, -0.15) is 0 Å². The van der Waals surface area contributed by atoms with Gasteiger partial charge in [0.25, 0.3) is 0 Å². The van der Waals surface area contributed by atoms with Crippen LogP contribution in [0.4, 0.5) is 0 Å². The van der Waals surface area contributed by atoms with Crippen LogP contribution in [0.3, 0.4) is 0 Å². The topological polar surface area (TPSA) is 17.8 Å². The van der Waals surface area contributed by atoms with Gasteiger partial charge in [-0.1, -0.05) is 30.3 Å². The van der Waals surface area contributed by atoms with Crippen molar-refractivity contribution in [2.75, 3.05) is 0 Å². The van der Waals surface area contributed by atoms with Gasteiger partial charge in [-0.25, -0.2) is 4.98 Å². The quantitative estimate of drug-likeness (QED) is 0.827. The Balaban J connectivity index is 1.95. The molecule has 17 heavy (non-hydrogen) atoms. The molecule has 0 radical (unpaired) electrons. The van der Waals surface area contributed by atoms with E-state index in [1.165, 1.54) is 36.2 Å². The number of halogens is 1. The van der Waals surface area contributed by atoms with Crippen LogP contribution in [0.25, 0.3) is 0 Å². The van der Waals surface area contributed by atoms with E-state index in [4.69, 9.17) is 0 Å². The van der Waals surface area contributed by atoms with Crippen molar-refractivity contribution in [1.29, 1.82) is 0 Å². The van der Waals surface area contributed by atoms with Gasteiger partial charge >= 0.3 is 0 Å². The highest BCUT2D eigenvalue weighted by Gasteiger charge is 2.18. The van der Waals surface area contributed by atoms with Gasteiger partial charge in [0.05, 0.1) is 5.69 Å². The Labute approximate surface area is 110 Å². The first-order valence-corrected chi connectivity index (χ1v) is 6.91. The number of hydrogen-bond donors (Lipinski definition) is 0. The minimum absolute atomic E-state index is 0.920. The Morgan fingerprint density at radius 3 is 2.71 bits per heavy atom. The van der Waals surface area contributed by atoms with Crippen molar-refractivity contribution in [2.45, 2.75) is 32.2 Å². The SMILES string of the molecule is Brc1nc2c(n1Cc1ccccc1)CCCC2. The highest BCUT2D eigenvalue weighted by molar-refractivity contribution is 9.10. The van der Waals surface area contributed by atoms with Crippen molar-refractivity contribution in [1.82, 2.24) is 9.55 Å². The molecule has 1 aliphatic carbocycles. The van der Waals surface area contributed by atoms with Gasteiger partial charge in [0.1, 0.15) is 0 Å². The molecule has 0 bridgehead atoms. The number of nitrogens with zero attached hydrogens (tertiary/aromatic N) is 2. The molecule has 0 aliphatic heterocycles. The van der Waals surface area contributed by atoms with E-state index in [9.17, 15) is 0 Å². The van der Waals surface area contributed by atoms with Crippen molar-refractivity contribution in [2.24, 2.45) is 0 Å². The summed E-state index contributed by atoms with van der Waals surface area (Å²) in [5, 5.41) is 0. The van der Waals surface area contributed by atoms with Crippen LogP contribution >= 0.6 is 15.9 Å². The maximum Gasteiger partial charge on any atom is 0.177 e. The van der Waals surface area contributed by atoms with Gasteiger partial charge in [0.2, 0.25) is 0 Å². The van der Waals surface area contributed by atoms with Crippen molar-refractivity contribution in [3.05, 3.63) is 52.0 Å². The average Bonchev–Trinajstić information content (AvgIpc) is 2.68. The normalized spacial score (nSPS) is 14.6. The van der Waals surface area contributed by atoms with Crippen molar-refractivity contribution >= 4 is 15.9 Å². The number of aryl methyl sites for hydroxylation is 1. The maximum atomic E-state index is 4.63. The van der Waals surface area contributed by atoms with Gasteiger partial charge in [-0.15, -0.1) is 0 Å². The second-order valence-corrected chi connectivity index (χ2v) is 5.26. The Morgan fingerprint density at radius 2 is 1.88 bits per heavy atom. The largest absolute Gasteiger partial charge is 0.318 e. The highest BCUT2D eigenvalue weighted by Crippen LogP contribution is 2.25. The van der Waals surface area contributed by atoms with Crippen LogP contribution in [0.2, 0.25) is 0 Å². The fourth-order valence-corrected chi connectivity index (χ4v) is 3.05. The van der Waals surface area contributed by atoms with Crippen molar-refractivity contribution in [3.63, 3.8) is 0 Å². The van der Waals surface area contributed by atoms with Gasteiger partial charge in [0.15, 0.2) is 4.73 Å². The average molecular weight is 291 g/mol. The monoisotopic (exact) mass is 290 g/mol. The fourth-order valence-electron chi connectivity index (χ4n) is 2.49. The first kappa shape index (κ1) is 11.0. The van der Waals surface area contributed by atoms with E-state index >= 15 is 0 Å². The van der Waals surface area contributed by atoms with Crippen molar-refractivity contribution < 1.29 is 0 Å². The summed E-state index contributed by atoms with van der Waals surface area (Å²) >= 11 is 3.59. The predicted molar refractivity (Wildman–Crippen MR) is 72.1 cm³/mol. The molecule has 1 aromatic carbocycles. The number of fused-ring (bicyclic) bond motifs is 1. The van der Waals surface area contributed by atoms with E-state index in [1.54, 1.807) is 0 Å². The van der Waals surface area contributed by atoms with Crippen LogP contribution < -0.4 is 0 Å². The second kappa shape index (κ2) is 4.65.